The molecule has 0 aromatic heterocycles. The molecule has 3 rings (SSSR count). The van der Waals surface area contributed by atoms with Crippen LogP contribution in [0.4, 0.5) is 0 Å². The predicted octanol–water partition coefficient (Wildman–Crippen LogP) is 2.82. The van der Waals surface area contributed by atoms with Crippen LogP contribution in [0.2, 0.25) is 0 Å². The Balaban J connectivity index is 1.76. The van der Waals surface area contributed by atoms with Gasteiger partial charge in [0, 0.05) is 19.3 Å². The summed E-state index contributed by atoms with van der Waals surface area (Å²) in [4.78, 5) is 2.54. The molecule has 0 amide bonds. The van der Waals surface area contributed by atoms with Gasteiger partial charge < -0.3 is 0 Å². The largest absolute Gasteiger partial charge is 0.293 e. The zero-order chi connectivity index (χ0) is 14.9. The van der Waals surface area contributed by atoms with Crippen LogP contribution in [0.25, 0.3) is 0 Å². The standard InChI is InChI=1S/C17H25NO2S/c1-21(19,20)13-7-12-18-14-16-10-5-6-11-17(16,18)15-8-3-2-4-9-15/h2-4,8-9,16H,5-7,10-14H2,1H3/t16-,17+/m1/s1. The zero-order valence-corrected chi connectivity index (χ0v) is 13.6. The number of sulfone groups is 1. The highest BCUT2D eigenvalue weighted by Crippen LogP contribution is 2.53. The molecular weight excluding hydrogens is 282 g/mol. The fourth-order valence-corrected chi connectivity index (χ4v) is 4.95. The maximum atomic E-state index is 11.3. The van der Waals surface area contributed by atoms with Gasteiger partial charge >= 0.3 is 0 Å². The van der Waals surface area contributed by atoms with E-state index in [1.54, 1.807) is 0 Å². The maximum Gasteiger partial charge on any atom is 0.147 e. The Bertz CT molecular complexity index is 584. The van der Waals surface area contributed by atoms with Gasteiger partial charge in [0.05, 0.1) is 11.3 Å². The molecule has 0 radical (unpaired) electrons. The van der Waals surface area contributed by atoms with Crippen molar-refractivity contribution in [3.05, 3.63) is 35.9 Å². The highest BCUT2D eigenvalue weighted by Gasteiger charge is 2.54. The molecule has 0 bridgehead atoms. The molecule has 1 aliphatic carbocycles. The highest BCUT2D eigenvalue weighted by atomic mass is 32.2. The summed E-state index contributed by atoms with van der Waals surface area (Å²) in [7, 11) is -2.84. The van der Waals surface area contributed by atoms with Gasteiger partial charge in [0.1, 0.15) is 9.84 Å². The topological polar surface area (TPSA) is 37.4 Å². The van der Waals surface area contributed by atoms with Crippen molar-refractivity contribution in [3.8, 4) is 0 Å². The molecule has 0 N–H and O–H groups in total. The third-order valence-electron chi connectivity index (χ3n) is 5.26. The van der Waals surface area contributed by atoms with Gasteiger partial charge in [0.25, 0.3) is 0 Å². The first kappa shape index (κ1) is 15.0. The van der Waals surface area contributed by atoms with E-state index in [1.165, 1.54) is 37.5 Å². The van der Waals surface area contributed by atoms with E-state index in [0.29, 0.717) is 5.75 Å². The first-order chi connectivity index (χ1) is 10.0. The van der Waals surface area contributed by atoms with E-state index in [0.717, 1.165) is 25.4 Å². The van der Waals surface area contributed by atoms with Gasteiger partial charge in [-0.25, -0.2) is 8.42 Å². The number of hydrogen-bond donors (Lipinski definition) is 0. The molecule has 2 aliphatic rings. The van der Waals surface area contributed by atoms with E-state index in [4.69, 9.17) is 0 Å². The lowest BCUT2D eigenvalue weighted by molar-refractivity contribution is -0.114. The first-order valence-corrected chi connectivity index (χ1v) is 10.1. The molecule has 1 saturated carbocycles. The van der Waals surface area contributed by atoms with Crippen LogP contribution in [-0.4, -0.2) is 38.4 Å². The van der Waals surface area contributed by atoms with E-state index in [1.807, 2.05) is 0 Å². The monoisotopic (exact) mass is 307 g/mol. The zero-order valence-electron chi connectivity index (χ0n) is 12.8. The number of likely N-dealkylation sites (tertiary alicyclic amines) is 1. The Morgan fingerprint density at radius 1 is 1.24 bits per heavy atom. The number of benzene rings is 1. The van der Waals surface area contributed by atoms with Crippen molar-refractivity contribution >= 4 is 9.84 Å². The number of rotatable bonds is 5. The van der Waals surface area contributed by atoms with E-state index in [9.17, 15) is 8.42 Å². The Hall–Kier alpha value is -0.870. The molecule has 0 unspecified atom stereocenters. The Morgan fingerprint density at radius 2 is 2.00 bits per heavy atom. The fourth-order valence-electron chi connectivity index (χ4n) is 4.30. The lowest BCUT2D eigenvalue weighted by atomic mass is 9.61. The molecule has 2 fully saturated rings. The van der Waals surface area contributed by atoms with Crippen LogP contribution in [0.15, 0.2) is 30.3 Å². The van der Waals surface area contributed by atoms with Crippen LogP contribution in [0.3, 0.4) is 0 Å². The molecule has 1 heterocycles. The summed E-state index contributed by atoms with van der Waals surface area (Å²) < 4.78 is 22.7. The van der Waals surface area contributed by atoms with Crippen molar-refractivity contribution in [1.82, 2.24) is 4.90 Å². The van der Waals surface area contributed by atoms with Crippen LogP contribution in [0.1, 0.15) is 37.7 Å². The van der Waals surface area contributed by atoms with E-state index >= 15 is 0 Å². The lowest BCUT2D eigenvalue weighted by Crippen LogP contribution is -2.66. The van der Waals surface area contributed by atoms with Crippen molar-refractivity contribution < 1.29 is 8.42 Å². The number of hydrogen-bond acceptors (Lipinski definition) is 3. The molecule has 4 heteroatoms. The highest BCUT2D eigenvalue weighted by molar-refractivity contribution is 7.90. The normalized spacial score (nSPS) is 29.7. The third-order valence-corrected chi connectivity index (χ3v) is 6.29. The second kappa shape index (κ2) is 5.73. The molecule has 116 valence electrons. The quantitative estimate of drug-likeness (QED) is 0.839. The molecule has 21 heavy (non-hydrogen) atoms. The van der Waals surface area contributed by atoms with Gasteiger partial charge in [-0.3, -0.25) is 4.90 Å². The Labute approximate surface area is 128 Å². The van der Waals surface area contributed by atoms with E-state index < -0.39 is 9.84 Å². The summed E-state index contributed by atoms with van der Waals surface area (Å²) in [5, 5.41) is 0. The van der Waals surface area contributed by atoms with E-state index in [2.05, 4.69) is 35.2 Å². The van der Waals surface area contributed by atoms with Crippen LogP contribution in [-0.2, 0) is 15.4 Å². The van der Waals surface area contributed by atoms with Crippen LogP contribution in [0.5, 0.6) is 0 Å². The minimum Gasteiger partial charge on any atom is -0.293 e. The molecule has 2 atom stereocenters. The third kappa shape index (κ3) is 2.88. The van der Waals surface area contributed by atoms with Gasteiger partial charge in [0.2, 0.25) is 0 Å². The summed E-state index contributed by atoms with van der Waals surface area (Å²) in [5.41, 5.74) is 1.62. The second-order valence-electron chi connectivity index (χ2n) is 6.66. The van der Waals surface area contributed by atoms with Crippen LogP contribution < -0.4 is 0 Å². The van der Waals surface area contributed by atoms with Gasteiger partial charge in [-0.15, -0.1) is 0 Å². The summed E-state index contributed by atoms with van der Waals surface area (Å²) in [6, 6.07) is 10.8. The van der Waals surface area contributed by atoms with Crippen molar-refractivity contribution in [1.29, 1.82) is 0 Å². The fraction of sp³-hybridized carbons (Fsp3) is 0.647. The number of nitrogens with zero attached hydrogens (tertiary/aromatic N) is 1. The lowest BCUT2D eigenvalue weighted by Gasteiger charge is -2.62. The summed E-state index contributed by atoms with van der Waals surface area (Å²) in [6.07, 6.45) is 7.25. The molecule has 3 nitrogen and oxygen atoms in total. The molecule has 1 aromatic carbocycles. The van der Waals surface area contributed by atoms with Crippen molar-refractivity contribution in [2.75, 3.05) is 25.1 Å². The minimum atomic E-state index is -2.84. The first-order valence-electron chi connectivity index (χ1n) is 8.01. The Kier molecular flexibility index (Phi) is 4.10. The van der Waals surface area contributed by atoms with Gasteiger partial charge in [0.15, 0.2) is 0 Å². The SMILES string of the molecule is CS(=O)(=O)CCCN1C[C@H]2CCCC[C@]21c1ccccc1. The van der Waals surface area contributed by atoms with Gasteiger partial charge in [-0.2, -0.15) is 0 Å². The average molecular weight is 307 g/mol. The van der Waals surface area contributed by atoms with Gasteiger partial charge in [-0.1, -0.05) is 43.2 Å². The van der Waals surface area contributed by atoms with E-state index in [-0.39, 0.29) is 5.54 Å². The average Bonchev–Trinajstić information content (AvgIpc) is 2.44. The molecule has 1 aromatic rings. The molecular formula is C17H25NO2S. The summed E-state index contributed by atoms with van der Waals surface area (Å²) in [6.45, 7) is 2.04. The van der Waals surface area contributed by atoms with Crippen molar-refractivity contribution in [2.24, 2.45) is 5.92 Å². The summed E-state index contributed by atoms with van der Waals surface area (Å²) in [5.74, 6) is 1.06. The summed E-state index contributed by atoms with van der Waals surface area (Å²) >= 11 is 0. The van der Waals surface area contributed by atoms with Crippen molar-refractivity contribution in [3.63, 3.8) is 0 Å². The van der Waals surface area contributed by atoms with Crippen LogP contribution in [0, 0.1) is 5.92 Å². The van der Waals surface area contributed by atoms with Crippen LogP contribution >= 0.6 is 0 Å². The Morgan fingerprint density at radius 3 is 2.67 bits per heavy atom. The predicted molar refractivity (Wildman–Crippen MR) is 86.0 cm³/mol. The molecule has 1 aliphatic heterocycles. The minimum absolute atomic E-state index is 0.191. The number of fused-ring (bicyclic) bond motifs is 1. The van der Waals surface area contributed by atoms with Crippen molar-refractivity contribution in [2.45, 2.75) is 37.6 Å². The molecule has 0 spiro atoms. The smallest absolute Gasteiger partial charge is 0.147 e. The molecule has 1 saturated heterocycles. The maximum absolute atomic E-state index is 11.3. The second-order valence-corrected chi connectivity index (χ2v) is 8.92. The van der Waals surface area contributed by atoms with Gasteiger partial charge in [-0.05, 0) is 30.7 Å².